The molecule has 3 N–H and O–H groups in total. The zero-order chi connectivity index (χ0) is 15.1. The Kier molecular flexibility index (Phi) is 6.82. The molecule has 1 fully saturated rings. The number of urea groups is 1. The second kappa shape index (κ2) is 8.12. The third-order valence-corrected chi connectivity index (χ3v) is 4.47. The van der Waals surface area contributed by atoms with Crippen LogP contribution in [-0.2, 0) is 4.79 Å². The number of amides is 2. The minimum absolute atomic E-state index is 0.152. The summed E-state index contributed by atoms with van der Waals surface area (Å²) in [4.78, 5) is 23.1. The van der Waals surface area contributed by atoms with Crippen LogP contribution in [0, 0.1) is 11.8 Å². The van der Waals surface area contributed by atoms with Gasteiger partial charge in [-0.2, -0.15) is 0 Å². The van der Waals surface area contributed by atoms with Crippen LogP contribution < -0.4 is 10.6 Å². The summed E-state index contributed by atoms with van der Waals surface area (Å²) in [5.41, 5.74) is 0. The fraction of sp³-hybridized carbons (Fsp3) is 0.867. The largest absolute Gasteiger partial charge is 0.480 e. The van der Waals surface area contributed by atoms with E-state index in [1.807, 2.05) is 6.92 Å². The van der Waals surface area contributed by atoms with Gasteiger partial charge >= 0.3 is 12.0 Å². The van der Waals surface area contributed by atoms with Gasteiger partial charge in [0.2, 0.25) is 0 Å². The molecule has 0 aromatic carbocycles. The van der Waals surface area contributed by atoms with Crippen molar-refractivity contribution >= 4 is 12.0 Å². The van der Waals surface area contributed by atoms with E-state index in [0.29, 0.717) is 18.3 Å². The van der Waals surface area contributed by atoms with E-state index >= 15 is 0 Å². The number of unbranched alkanes of at least 4 members (excludes halogenated alkanes) is 1. The first-order valence-corrected chi connectivity index (χ1v) is 7.75. The van der Waals surface area contributed by atoms with Crippen molar-refractivity contribution < 1.29 is 14.7 Å². The molecular weight excluding hydrogens is 256 g/mol. The Morgan fingerprint density at radius 2 is 2.00 bits per heavy atom. The second-order valence-corrected chi connectivity index (χ2v) is 6.02. The van der Waals surface area contributed by atoms with E-state index < -0.39 is 12.0 Å². The quantitative estimate of drug-likeness (QED) is 0.701. The fourth-order valence-electron chi connectivity index (χ4n) is 2.82. The lowest BCUT2D eigenvalue weighted by molar-refractivity contribution is -0.139. The minimum Gasteiger partial charge on any atom is -0.480 e. The molecule has 1 rings (SSSR count). The number of hydrogen-bond donors (Lipinski definition) is 3. The van der Waals surface area contributed by atoms with Gasteiger partial charge in [0.15, 0.2) is 0 Å². The van der Waals surface area contributed by atoms with Gasteiger partial charge in [-0.1, -0.05) is 46.5 Å². The smallest absolute Gasteiger partial charge is 0.326 e. The molecule has 0 aromatic heterocycles. The van der Waals surface area contributed by atoms with Crippen molar-refractivity contribution in [3.8, 4) is 0 Å². The molecule has 0 spiro atoms. The van der Waals surface area contributed by atoms with Crippen LogP contribution in [0.5, 0.6) is 0 Å². The van der Waals surface area contributed by atoms with Gasteiger partial charge in [0.1, 0.15) is 6.04 Å². The topological polar surface area (TPSA) is 78.4 Å². The van der Waals surface area contributed by atoms with Gasteiger partial charge in [0.05, 0.1) is 0 Å². The van der Waals surface area contributed by atoms with Gasteiger partial charge in [0, 0.05) is 6.04 Å². The first-order chi connectivity index (χ1) is 9.45. The number of carboxylic acid groups (broad SMARTS) is 1. The number of aliphatic carboxylic acids is 1. The van der Waals surface area contributed by atoms with Crippen molar-refractivity contribution in [2.75, 3.05) is 0 Å². The molecule has 1 saturated carbocycles. The molecule has 1 aliphatic rings. The van der Waals surface area contributed by atoms with Gasteiger partial charge in [-0.05, 0) is 24.7 Å². The van der Waals surface area contributed by atoms with Crippen molar-refractivity contribution in [3.63, 3.8) is 0 Å². The molecule has 0 bridgehead atoms. The predicted molar refractivity (Wildman–Crippen MR) is 78.6 cm³/mol. The molecule has 5 heteroatoms. The van der Waals surface area contributed by atoms with E-state index in [1.165, 1.54) is 6.42 Å². The molecule has 4 unspecified atom stereocenters. The maximum absolute atomic E-state index is 12.0. The maximum Gasteiger partial charge on any atom is 0.326 e. The molecule has 5 nitrogen and oxygen atoms in total. The van der Waals surface area contributed by atoms with Crippen molar-refractivity contribution in [1.82, 2.24) is 10.6 Å². The van der Waals surface area contributed by atoms with Crippen molar-refractivity contribution in [2.24, 2.45) is 11.8 Å². The van der Waals surface area contributed by atoms with E-state index in [1.54, 1.807) is 0 Å². The summed E-state index contributed by atoms with van der Waals surface area (Å²) in [7, 11) is 0. The average molecular weight is 284 g/mol. The van der Waals surface area contributed by atoms with E-state index in [-0.39, 0.29) is 12.1 Å². The highest BCUT2D eigenvalue weighted by Crippen LogP contribution is 2.29. The molecule has 2 amide bonds. The van der Waals surface area contributed by atoms with Gasteiger partial charge < -0.3 is 15.7 Å². The van der Waals surface area contributed by atoms with Crippen LogP contribution >= 0.6 is 0 Å². The summed E-state index contributed by atoms with van der Waals surface area (Å²) in [5, 5.41) is 14.6. The van der Waals surface area contributed by atoms with Crippen LogP contribution in [0.4, 0.5) is 4.79 Å². The third-order valence-electron chi connectivity index (χ3n) is 4.47. The summed E-state index contributed by atoms with van der Waals surface area (Å²) in [5.74, 6) is 0.0801. The van der Waals surface area contributed by atoms with Crippen LogP contribution in [0.15, 0.2) is 0 Å². The average Bonchev–Trinajstić information content (AvgIpc) is 2.39. The Labute approximate surface area is 121 Å². The number of rotatable bonds is 6. The molecule has 0 saturated heterocycles. The monoisotopic (exact) mass is 284 g/mol. The summed E-state index contributed by atoms with van der Waals surface area (Å²) < 4.78 is 0. The van der Waals surface area contributed by atoms with Gasteiger partial charge in [-0.3, -0.25) is 0 Å². The Balaban J connectivity index is 2.46. The number of hydrogen-bond acceptors (Lipinski definition) is 2. The van der Waals surface area contributed by atoms with Crippen molar-refractivity contribution in [2.45, 2.75) is 71.4 Å². The van der Waals surface area contributed by atoms with Crippen LogP contribution in [0.3, 0.4) is 0 Å². The molecule has 4 atom stereocenters. The van der Waals surface area contributed by atoms with Crippen LogP contribution in [0.1, 0.15) is 59.3 Å². The molecule has 0 heterocycles. The second-order valence-electron chi connectivity index (χ2n) is 6.02. The molecule has 0 aliphatic heterocycles. The lowest BCUT2D eigenvalue weighted by Crippen LogP contribution is -2.52. The highest BCUT2D eigenvalue weighted by molar-refractivity contribution is 5.82. The Hall–Kier alpha value is -1.26. The van der Waals surface area contributed by atoms with Crippen molar-refractivity contribution in [1.29, 1.82) is 0 Å². The molecule has 116 valence electrons. The van der Waals surface area contributed by atoms with Crippen molar-refractivity contribution in [3.05, 3.63) is 0 Å². The molecule has 1 aliphatic carbocycles. The number of carboxylic acids is 1. The Morgan fingerprint density at radius 1 is 1.30 bits per heavy atom. The predicted octanol–water partition coefficient (Wildman–Crippen LogP) is 2.75. The molecule has 20 heavy (non-hydrogen) atoms. The summed E-state index contributed by atoms with van der Waals surface area (Å²) in [6, 6.07) is -0.981. The number of carbonyl (C=O) groups excluding carboxylic acids is 1. The minimum atomic E-state index is -0.960. The molecule has 0 radical (unpaired) electrons. The van der Waals surface area contributed by atoms with E-state index in [4.69, 9.17) is 5.11 Å². The lowest BCUT2D eigenvalue weighted by Gasteiger charge is -2.34. The van der Waals surface area contributed by atoms with E-state index in [0.717, 1.165) is 25.7 Å². The Bertz CT molecular complexity index is 333. The van der Waals surface area contributed by atoms with Gasteiger partial charge in [0.25, 0.3) is 0 Å². The number of nitrogens with one attached hydrogen (secondary N) is 2. The van der Waals surface area contributed by atoms with Crippen LogP contribution in [-0.4, -0.2) is 29.2 Å². The van der Waals surface area contributed by atoms with Gasteiger partial charge in [-0.15, -0.1) is 0 Å². The molecule has 0 aromatic rings. The Morgan fingerprint density at radius 3 is 2.60 bits per heavy atom. The zero-order valence-corrected chi connectivity index (χ0v) is 12.8. The van der Waals surface area contributed by atoms with Crippen LogP contribution in [0.2, 0.25) is 0 Å². The first-order valence-electron chi connectivity index (χ1n) is 7.75. The summed E-state index contributed by atoms with van der Waals surface area (Å²) >= 11 is 0. The first kappa shape index (κ1) is 16.8. The standard InChI is InChI=1S/C15H28N2O3/c1-4-5-8-13(14(18)19)17-15(20)16-12-9-6-7-10(2)11(12)3/h10-13H,4-9H2,1-3H3,(H,18,19)(H2,16,17,20). The summed E-state index contributed by atoms with van der Waals surface area (Å²) in [6.07, 6.45) is 5.50. The highest BCUT2D eigenvalue weighted by atomic mass is 16.4. The zero-order valence-electron chi connectivity index (χ0n) is 12.8. The summed E-state index contributed by atoms with van der Waals surface area (Å²) in [6.45, 7) is 6.36. The van der Waals surface area contributed by atoms with Gasteiger partial charge in [-0.25, -0.2) is 9.59 Å². The molecular formula is C15H28N2O3. The fourth-order valence-corrected chi connectivity index (χ4v) is 2.82. The van der Waals surface area contributed by atoms with Crippen LogP contribution in [0.25, 0.3) is 0 Å². The SMILES string of the molecule is CCCCC(NC(=O)NC1CCCC(C)C1C)C(=O)O. The van der Waals surface area contributed by atoms with E-state index in [2.05, 4.69) is 24.5 Å². The lowest BCUT2D eigenvalue weighted by atomic mass is 9.78. The highest BCUT2D eigenvalue weighted by Gasteiger charge is 2.29. The third kappa shape index (κ3) is 5.02. The number of carbonyl (C=O) groups is 2. The van der Waals surface area contributed by atoms with E-state index in [9.17, 15) is 9.59 Å². The normalized spacial score (nSPS) is 27.6. The maximum atomic E-state index is 12.0.